The van der Waals surface area contributed by atoms with Crippen molar-refractivity contribution in [1.29, 1.82) is 0 Å². The molecule has 0 amide bonds. The molecule has 0 saturated heterocycles. The number of rotatable bonds is 38. The van der Waals surface area contributed by atoms with Crippen LogP contribution in [0.25, 0.3) is 0 Å². The van der Waals surface area contributed by atoms with Crippen LogP contribution in [0, 0.1) is 0 Å². The molecule has 9 heteroatoms. The van der Waals surface area contributed by atoms with E-state index in [2.05, 4.69) is 38.2 Å². The van der Waals surface area contributed by atoms with Crippen molar-refractivity contribution in [1.82, 2.24) is 0 Å². The van der Waals surface area contributed by atoms with Gasteiger partial charge in [-0.05, 0) is 38.5 Å². The number of phosphoric acid groups is 1. The van der Waals surface area contributed by atoms with E-state index in [4.69, 9.17) is 18.5 Å². The molecule has 0 aromatic rings. The van der Waals surface area contributed by atoms with Crippen LogP contribution in [0.4, 0.5) is 0 Å². The molecule has 296 valence electrons. The summed E-state index contributed by atoms with van der Waals surface area (Å²) >= 11 is 0. The van der Waals surface area contributed by atoms with Gasteiger partial charge in [0.1, 0.15) is 19.3 Å². The highest BCUT2D eigenvalue weighted by molar-refractivity contribution is 7.45. The number of quaternary nitrogens is 1. The average Bonchev–Trinajstić information content (AvgIpc) is 3.06. The van der Waals surface area contributed by atoms with Crippen LogP contribution in [0.5, 0.6) is 0 Å². The maximum absolute atomic E-state index is 12.6. The molecule has 0 bridgehead atoms. The van der Waals surface area contributed by atoms with Gasteiger partial charge in [0.05, 0.1) is 34.4 Å². The Kier molecular flexibility index (Phi) is 34.3. The minimum absolute atomic E-state index is 0.0249. The van der Waals surface area contributed by atoms with Crippen LogP contribution in [0.15, 0.2) is 24.3 Å². The molecule has 0 rings (SSSR count). The number of nitrogens with zero attached hydrogens (tertiary/aromatic N) is 1. The summed E-state index contributed by atoms with van der Waals surface area (Å²) in [5, 5.41) is 0. The summed E-state index contributed by atoms with van der Waals surface area (Å²) in [6.07, 6.45) is 37.5. The fourth-order valence-corrected chi connectivity index (χ4v) is 6.23. The summed E-state index contributed by atoms with van der Waals surface area (Å²) in [5.41, 5.74) is 0. The van der Waals surface area contributed by atoms with Gasteiger partial charge in [-0.1, -0.05) is 154 Å². The Bertz CT molecular complexity index is 858. The van der Waals surface area contributed by atoms with Crippen molar-refractivity contribution in [2.75, 3.05) is 54.1 Å². The molecule has 0 heterocycles. The maximum Gasteiger partial charge on any atom is 0.306 e. The smallest absolute Gasteiger partial charge is 0.306 e. The second-order valence-corrected chi connectivity index (χ2v) is 16.4. The number of esters is 1. The Morgan fingerprint density at radius 2 is 1.12 bits per heavy atom. The van der Waals surface area contributed by atoms with Crippen LogP contribution in [-0.2, 0) is 27.9 Å². The summed E-state index contributed by atoms with van der Waals surface area (Å²) in [4.78, 5) is 25.0. The van der Waals surface area contributed by atoms with E-state index in [-0.39, 0.29) is 25.8 Å². The first kappa shape index (κ1) is 49.0. The lowest BCUT2D eigenvalue weighted by molar-refractivity contribution is -0.870. The fraction of sp³-hybridized carbons (Fsp3) is 0.878. The molecule has 0 aliphatic heterocycles. The van der Waals surface area contributed by atoms with Gasteiger partial charge in [0.15, 0.2) is 0 Å². The molecule has 0 aromatic carbocycles. The number of carbonyl (C=O) groups is 1. The SMILES string of the molecule is CCCC/C=C\C/C=C\CCCCCCCC(=O)OC(COCCCCCCCCCCCCCCCC)COP(=O)([O-])OCC[N+](C)(C)C. The van der Waals surface area contributed by atoms with Gasteiger partial charge in [-0.3, -0.25) is 9.36 Å². The fourth-order valence-electron chi connectivity index (χ4n) is 5.50. The molecule has 0 aliphatic rings. The normalized spacial score (nSPS) is 14.1. The van der Waals surface area contributed by atoms with E-state index in [1.165, 1.54) is 96.3 Å². The summed E-state index contributed by atoms with van der Waals surface area (Å²) in [5.74, 6) is -0.347. The number of ether oxygens (including phenoxy) is 2. The largest absolute Gasteiger partial charge is 0.756 e. The van der Waals surface area contributed by atoms with E-state index >= 15 is 0 Å². The first-order valence-corrected chi connectivity index (χ1v) is 22.0. The molecule has 2 unspecified atom stereocenters. The van der Waals surface area contributed by atoms with Gasteiger partial charge in [-0.25, -0.2) is 0 Å². The minimum atomic E-state index is -4.52. The molecule has 8 nitrogen and oxygen atoms in total. The number of hydrogen-bond acceptors (Lipinski definition) is 7. The third-order valence-corrected chi connectivity index (χ3v) is 9.72. The van der Waals surface area contributed by atoms with Gasteiger partial charge < -0.3 is 27.9 Å². The number of phosphoric ester groups is 1. The number of likely N-dealkylation sites (N-methyl/N-ethyl adjacent to an activating group) is 1. The average molecular weight is 730 g/mol. The van der Waals surface area contributed by atoms with Crippen molar-refractivity contribution in [2.24, 2.45) is 0 Å². The molecule has 0 spiro atoms. The predicted octanol–water partition coefficient (Wildman–Crippen LogP) is 11.0. The molecule has 0 radical (unpaired) electrons. The lowest BCUT2D eigenvalue weighted by Gasteiger charge is -2.28. The van der Waals surface area contributed by atoms with Crippen molar-refractivity contribution < 1.29 is 37.3 Å². The van der Waals surface area contributed by atoms with E-state index < -0.39 is 13.9 Å². The zero-order valence-electron chi connectivity index (χ0n) is 33.4. The molecule has 50 heavy (non-hydrogen) atoms. The summed E-state index contributed by atoms with van der Waals surface area (Å²) < 4.78 is 34.5. The van der Waals surface area contributed by atoms with E-state index in [0.29, 0.717) is 24.1 Å². The van der Waals surface area contributed by atoms with Crippen molar-refractivity contribution >= 4 is 13.8 Å². The van der Waals surface area contributed by atoms with Crippen LogP contribution >= 0.6 is 7.82 Å². The van der Waals surface area contributed by atoms with Crippen LogP contribution in [0.3, 0.4) is 0 Å². The molecule has 0 saturated carbocycles. The van der Waals surface area contributed by atoms with E-state index in [1.54, 1.807) is 0 Å². The van der Waals surface area contributed by atoms with Gasteiger partial charge in [0, 0.05) is 13.0 Å². The predicted molar refractivity (Wildman–Crippen MR) is 208 cm³/mol. The van der Waals surface area contributed by atoms with Gasteiger partial charge >= 0.3 is 5.97 Å². The van der Waals surface area contributed by atoms with E-state index in [9.17, 15) is 14.3 Å². The topological polar surface area (TPSA) is 94.1 Å². The van der Waals surface area contributed by atoms with Gasteiger partial charge in [-0.15, -0.1) is 0 Å². The lowest BCUT2D eigenvalue weighted by Crippen LogP contribution is -2.37. The number of allylic oxidation sites excluding steroid dienone is 4. The molecular weight excluding hydrogens is 649 g/mol. The third kappa shape index (κ3) is 38.2. The number of carbonyl (C=O) groups excluding carboxylic acids is 1. The highest BCUT2D eigenvalue weighted by Gasteiger charge is 2.20. The molecule has 0 aliphatic carbocycles. The second-order valence-electron chi connectivity index (χ2n) is 15.0. The molecule has 0 aromatic heterocycles. The number of hydrogen-bond donors (Lipinski definition) is 0. The summed E-state index contributed by atoms with van der Waals surface area (Å²) in [6, 6.07) is 0. The highest BCUT2D eigenvalue weighted by Crippen LogP contribution is 2.38. The quantitative estimate of drug-likeness (QED) is 0.0205. The van der Waals surface area contributed by atoms with Crippen LogP contribution in [0.2, 0.25) is 0 Å². The minimum Gasteiger partial charge on any atom is -0.756 e. The second kappa shape index (κ2) is 35.0. The van der Waals surface area contributed by atoms with E-state index in [1.807, 2.05) is 21.1 Å². The van der Waals surface area contributed by atoms with Crippen LogP contribution in [0.1, 0.15) is 174 Å². The summed E-state index contributed by atoms with van der Waals surface area (Å²) in [6.45, 7) is 5.37. The van der Waals surface area contributed by atoms with Gasteiger partial charge in [-0.2, -0.15) is 0 Å². The third-order valence-electron chi connectivity index (χ3n) is 8.76. The first-order chi connectivity index (χ1) is 24.1. The molecular formula is C41H80NO7P. The Morgan fingerprint density at radius 1 is 0.620 bits per heavy atom. The van der Waals surface area contributed by atoms with Crippen molar-refractivity contribution in [2.45, 2.75) is 180 Å². The van der Waals surface area contributed by atoms with Crippen molar-refractivity contribution in [3.8, 4) is 0 Å². The van der Waals surface area contributed by atoms with Crippen LogP contribution in [-0.4, -0.2) is 70.7 Å². The van der Waals surface area contributed by atoms with Gasteiger partial charge in [0.2, 0.25) is 0 Å². The first-order valence-electron chi connectivity index (χ1n) is 20.6. The standard InChI is InChI=1S/C41H80NO7P/c1-6-8-10-12-14-16-18-20-22-24-26-28-30-32-34-41(43)49-40(39-48-50(44,45)47-37-35-42(3,4)5)38-46-36-33-31-29-27-25-23-21-19-17-15-13-11-9-7-2/h12,14,18,20,40H,6-11,13,15-17,19,21-39H2,1-5H3/b14-12-,20-18-. The van der Waals surface area contributed by atoms with Crippen molar-refractivity contribution in [3.63, 3.8) is 0 Å². The monoisotopic (exact) mass is 730 g/mol. The van der Waals surface area contributed by atoms with Crippen LogP contribution < -0.4 is 4.89 Å². The molecule has 0 fully saturated rings. The van der Waals surface area contributed by atoms with Gasteiger partial charge in [0.25, 0.3) is 7.82 Å². The van der Waals surface area contributed by atoms with Crippen molar-refractivity contribution in [3.05, 3.63) is 24.3 Å². The zero-order valence-corrected chi connectivity index (χ0v) is 34.2. The summed E-state index contributed by atoms with van der Waals surface area (Å²) in [7, 11) is 1.35. The highest BCUT2D eigenvalue weighted by atomic mass is 31.2. The Hall–Kier alpha value is -1.02. The Morgan fingerprint density at radius 3 is 1.68 bits per heavy atom. The van der Waals surface area contributed by atoms with E-state index in [0.717, 1.165) is 57.8 Å². The number of unbranched alkanes of at least 4 members (excludes halogenated alkanes) is 20. The Balaban J connectivity index is 4.28. The molecule has 0 N–H and O–H groups in total. The lowest BCUT2D eigenvalue weighted by atomic mass is 10.0. The Labute approximate surface area is 309 Å². The zero-order chi connectivity index (χ0) is 37.0. The molecule has 2 atom stereocenters. The maximum atomic E-state index is 12.6.